The van der Waals surface area contributed by atoms with Gasteiger partial charge in [-0.25, -0.2) is 0 Å². The van der Waals surface area contributed by atoms with Crippen LogP contribution in [0.4, 0.5) is 0 Å². The lowest BCUT2D eigenvalue weighted by atomic mass is 9.82. The minimum absolute atomic E-state index is 0.153. The van der Waals surface area contributed by atoms with E-state index in [1.54, 1.807) is 62.8 Å². The maximum Gasteiger partial charge on any atom is 0.303 e. The monoisotopic (exact) mass is 756 g/mol. The predicted octanol–water partition coefficient (Wildman–Crippen LogP) is 6.57. The van der Waals surface area contributed by atoms with Gasteiger partial charge >= 0.3 is 17.9 Å². The van der Waals surface area contributed by atoms with Crippen LogP contribution in [0.2, 0.25) is 0 Å². The van der Waals surface area contributed by atoms with E-state index in [0.717, 1.165) is 0 Å². The van der Waals surface area contributed by atoms with Crippen molar-refractivity contribution in [3.63, 3.8) is 0 Å². The second-order valence-corrected chi connectivity index (χ2v) is 12.9. The molecule has 0 amide bonds. The van der Waals surface area contributed by atoms with Gasteiger partial charge in [0.15, 0.2) is 59.6 Å². The van der Waals surface area contributed by atoms with Crippen molar-refractivity contribution in [1.82, 2.24) is 0 Å². The fraction of sp³-hybridized carbons (Fsp3) is 0.341. The molecule has 0 spiro atoms. The summed E-state index contributed by atoms with van der Waals surface area (Å²) < 4.78 is 66.7. The number of rotatable bonds is 10. The molecule has 14 nitrogen and oxygen atoms in total. The summed E-state index contributed by atoms with van der Waals surface area (Å²) in [5, 5.41) is 0. The molecule has 4 aromatic rings. The minimum atomic E-state index is -1.16. The lowest BCUT2D eigenvalue weighted by Crippen LogP contribution is -2.42. The Morgan fingerprint density at radius 1 is 0.509 bits per heavy atom. The number of esters is 3. The number of hydrogen-bond acceptors (Lipinski definition) is 14. The highest BCUT2D eigenvalue weighted by Gasteiger charge is 2.52. The number of fused-ring (bicyclic) bond motifs is 3. The van der Waals surface area contributed by atoms with Gasteiger partial charge in [-0.1, -0.05) is 24.3 Å². The third kappa shape index (κ3) is 6.51. The third-order valence-electron chi connectivity index (χ3n) is 9.68. The fourth-order valence-electron chi connectivity index (χ4n) is 7.42. The maximum atomic E-state index is 12.8. The highest BCUT2D eigenvalue weighted by atomic mass is 16.6. The summed E-state index contributed by atoms with van der Waals surface area (Å²) in [6, 6.07) is 17.7. The normalized spacial score (nSPS) is 21.4. The van der Waals surface area contributed by atoms with Gasteiger partial charge in [0.2, 0.25) is 11.5 Å². The number of carbonyl (C=O) groups is 3. The van der Waals surface area contributed by atoms with Gasteiger partial charge in [0.1, 0.15) is 11.5 Å². The zero-order valence-electron chi connectivity index (χ0n) is 31.5. The average molecular weight is 757 g/mol. The molecule has 14 heteroatoms. The van der Waals surface area contributed by atoms with Gasteiger partial charge in [0.25, 0.3) is 0 Å². The molecule has 7 rings (SSSR count). The molecule has 0 saturated carbocycles. The van der Waals surface area contributed by atoms with Gasteiger partial charge in [0.05, 0.1) is 41.1 Å². The van der Waals surface area contributed by atoms with E-state index in [1.165, 1.54) is 42.1 Å². The van der Waals surface area contributed by atoms with E-state index in [2.05, 4.69) is 0 Å². The summed E-state index contributed by atoms with van der Waals surface area (Å²) in [5.74, 6) is 0.936. The summed E-state index contributed by atoms with van der Waals surface area (Å²) in [6.45, 7) is 3.84. The molecule has 0 aliphatic carbocycles. The van der Waals surface area contributed by atoms with Crippen molar-refractivity contribution in [1.29, 1.82) is 0 Å². The van der Waals surface area contributed by atoms with Gasteiger partial charge in [0, 0.05) is 37.5 Å². The van der Waals surface area contributed by atoms with E-state index in [-0.39, 0.29) is 17.2 Å². The predicted molar refractivity (Wildman–Crippen MR) is 193 cm³/mol. The van der Waals surface area contributed by atoms with Crippen LogP contribution in [0.15, 0.2) is 60.7 Å². The lowest BCUT2D eigenvalue weighted by Gasteiger charge is -2.44. The first-order valence-corrected chi connectivity index (χ1v) is 17.3. The van der Waals surface area contributed by atoms with Crippen molar-refractivity contribution < 1.29 is 66.5 Å². The first kappa shape index (κ1) is 37.0. The zero-order chi connectivity index (χ0) is 39.1. The molecule has 4 aromatic carbocycles. The van der Waals surface area contributed by atoms with Crippen molar-refractivity contribution in [3.8, 4) is 57.1 Å². The van der Waals surface area contributed by atoms with Crippen LogP contribution in [0.3, 0.4) is 0 Å². The Labute approximate surface area is 317 Å². The Kier molecular flexibility index (Phi) is 9.99. The fourth-order valence-corrected chi connectivity index (χ4v) is 7.42. The Hall–Kier alpha value is -6.31. The van der Waals surface area contributed by atoms with Crippen LogP contribution in [0.5, 0.6) is 46.0 Å². The lowest BCUT2D eigenvalue weighted by molar-refractivity contribution is -0.178. The smallest absolute Gasteiger partial charge is 0.303 e. The topological polar surface area (TPSA) is 153 Å². The molecule has 3 aliphatic heterocycles. The molecule has 0 saturated heterocycles. The third-order valence-corrected chi connectivity index (χ3v) is 9.68. The summed E-state index contributed by atoms with van der Waals surface area (Å²) >= 11 is 0. The van der Waals surface area contributed by atoms with Crippen LogP contribution in [0.1, 0.15) is 67.4 Å². The number of ether oxygens (including phenoxy) is 11. The van der Waals surface area contributed by atoms with E-state index >= 15 is 0 Å². The summed E-state index contributed by atoms with van der Waals surface area (Å²) in [4.78, 5) is 38.1. The largest absolute Gasteiger partial charge is 0.497 e. The van der Waals surface area contributed by atoms with Crippen molar-refractivity contribution in [2.75, 3.05) is 35.5 Å². The molecule has 0 radical (unpaired) electrons. The van der Waals surface area contributed by atoms with E-state index in [4.69, 9.17) is 52.1 Å². The molecule has 6 atom stereocenters. The van der Waals surface area contributed by atoms with E-state index in [9.17, 15) is 14.4 Å². The molecule has 0 unspecified atom stereocenters. The van der Waals surface area contributed by atoms with Gasteiger partial charge in [-0.15, -0.1) is 0 Å². The number of benzene rings is 4. The van der Waals surface area contributed by atoms with Crippen LogP contribution < -0.4 is 37.9 Å². The number of methoxy groups -OCH3 is 5. The number of carbonyl (C=O) groups excluding carboxylic acids is 3. The van der Waals surface area contributed by atoms with Crippen LogP contribution in [-0.4, -0.2) is 65.7 Å². The summed E-state index contributed by atoms with van der Waals surface area (Å²) in [6.07, 6.45) is -6.10. The second kappa shape index (κ2) is 14.8. The molecule has 3 heterocycles. The molecular weight excluding hydrogens is 716 g/mol. The maximum absolute atomic E-state index is 12.8. The van der Waals surface area contributed by atoms with Crippen LogP contribution in [0.25, 0.3) is 11.1 Å². The van der Waals surface area contributed by atoms with E-state index in [0.29, 0.717) is 62.1 Å². The Balaban J connectivity index is 1.48. The van der Waals surface area contributed by atoms with Crippen LogP contribution in [0, 0.1) is 0 Å². The van der Waals surface area contributed by atoms with Crippen molar-refractivity contribution in [2.24, 2.45) is 0 Å². The molecule has 3 aliphatic rings. The van der Waals surface area contributed by atoms with Gasteiger partial charge in [-0.3, -0.25) is 14.4 Å². The molecule has 0 aromatic heterocycles. The molecular formula is C41H40O14. The van der Waals surface area contributed by atoms with Crippen LogP contribution >= 0.6 is 0 Å². The first-order valence-electron chi connectivity index (χ1n) is 17.3. The van der Waals surface area contributed by atoms with Crippen molar-refractivity contribution in [3.05, 3.63) is 82.9 Å². The van der Waals surface area contributed by atoms with Crippen molar-refractivity contribution in [2.45, 2.75) is 57.4 Å². The summed E-state index contributed by atoms with van der Waals surface area (Å²) in [7, 11) is 7.56. The first-order chi connectivity index (χ1) is 26.5. The zero-order valence-corrected chi connectivity index (χ0v) is 31.5. The minimum Gasteiger partial charge on any atom is -0.497 e. The Bertz CT molecular complexity index is 2130. The van der Waals surface area contributed by atoms with Gasteiger partial charge in [-0.2, -0.15) is 0 Å². The van der Waals surface area contributed by atoms with Gasteiger partial charge < -0.3 is 52.1 Å². The summed E-state index contributed by atoms with van der Waals surface area (Å²) in [5.41, 5.74) is 3.16. The van der Waals surface area contributed by atoms with Crippen LogP contribution in [-0.2, 0) is 28.6 Å². The highest BCUT2D eigenvalue weighted by Crippen LogP contribution is 2.63. The SMILES string of the molecule is COc1ccc([C@H]2Oc3c(OC)c(OC)cc4c3[C@@H](Oc3c-4cc4c(c3OC)O[C@H](c3ccc(OC)cc3)[C@H](OC(C)=O)[C@@H]4OC(C)=O)[C@@H]2OC(C)=O)cc1. The Morgan fingerprint density at radius 2 is 1.02 bits per heavy atom. The quantitative estimate of drug-likeness (QED) is 0.127. The molecule has 0 fully saturated rings. The second-order valence-electron chi connectivity index (χ2n) is 12.9. The van der Waals surface area contributed by atoms with E-state index < -0.39 is 54.5 Å². The molecule has 0 N–H and O–H groups in total. The van der Waals surface area contributed by atoms with Gasteiger partial charge in [-0.05, 0) is 47.5 Å². The standard InChI is InChI=1S/C41H40O14/c1-19(42)50-35-28-17-27-26-18-29(47-6)36(48-7)37-30(26)38(41(52-21(3)44)32(54-37)23-11-15-25(46-5)16-12-23)55-33(27)39(49-8)34(28)53-31(40(35)51-20(2)43)22-9-13-24(45-4)14-10-22/h9-18,31-32,35,38,40-41H,1-8H3/t31-,32-,35-,38-,40+,41-/m1/s1. The molecule has 288 valence electrons. The highest BCUT2D eigenvalue weighted by molar-refractivity contribution is 5.87. The Morgan fingerprint density at radius 3 is 1.53 bits per heavy atom. The van der Waals surface area contributed by atoms with E-state index in [1.807, 2.05) is 12.1 Å². The average Bonchev–Trinajstić information content (AvgIpc) is 3.18. The molecule has 55 heavy (non-hydrogen) atoms. The number of hydrogen-bond donors (Lipinski definition) is 0. The molecule has 0 bridgehead atoms. The van der Waals surface area contributed by atoms with Crippen molar-refractivity contribution >= 4 is 17.9 Å².